The Hall–Kier alpha value is -3.36. The van der Waals surface area contributed by atoms with Crippen LogP contribution in [0.15, 0.2) is 23.0 Å². The number of nitrogens with one attached hydrogen (secondary N) is 1. The monoisotopic (exact) mass is 492 g/mol. The van der Waals surface area contributed by atoms with E-state index in [9.17, 15) is 9.59 Å². The second-order valence-electron chi connectivity index (χ2n) is 10.2. The van der Waals surface area contributed by atoms with Crippen molar-refractivity contribution in [2.24, 2.45) is 0 Å². The molecule has 1 aliphatic carbocycles. The highest BCUT2D eigenvalue weighted by Gasteiger charge is 2.26. The fourth-order valence-corrected chi connectivity index (χ4v) is 5.75. The van der Waals surface area contributed by atoms with Crippen LogP contribution in [-0.2, 0) is 4.79 Å². The number of aryl methyl sites for hydroxylation is 1. The second-order valence-corrected chi connectivity index (χ2v) is 10.2. The third-order valence-electron chi connectivity index (χ3n) is 7.96. The van der Waals surface area contributed by atoms with Gasteiger partial charge in [0.2, 0.25) is 5.91 Å². The summed E-state index contributed by atoms with van der Waals surface area (Å²) in [5.74, 6) is 1.26. The Morgan fingerprint density at radius 1 is 1.14 bits per heavy atom. The number of H-pyrrole nitrogens is 1. The Morgan fingerprint density at radius 2 is 1.86 bits per heavy atom. The van der Waals surface area contributed by atoms with Crippen LogP contribution in [0.3, 0.4) is 0 Å². The molecule has 0 bridgehead atoms. The lowest BCUT2D eigenvalue weighted by Crippen LogP contribution is -2.45. The molecule has 2 fully saturated rings. The van der Waals surface area contributed by atoms with Crippen LogP contribution in [0.5, 0.6) is 5.75 Å². The molecule has 0 radical (unpaired) electrons. The van der Waals surface area contributed by atoms with Gasteiger partial charge in [0, 0.05) is 44.9 Å². The number of carbonyl (C=O) groups excluding carboxylic acids is 1. The van der Waals surface area contributed by atoms with Gasteiger partial charge in [-0.15, -0.1) is 0 Å². The number of ether oxygens (including phenoxy) is 1. The molecule has 3 aromatic rings. The number of aromatic nitrogens is 4. The fraction of sp³-hybridized carbons (Fsp3) is 0.556. The normalized spacial score (nSPS) is 17.5. The molecule has 0 unspecified atom stereocenters. The minimum absolute atomic E-state index is 0.109. The molecule has 5 rings (SSSR count). The lowest BCUT2D eigenvalue weighted by atomic mass is 9.95. The SMILES string of the molecule is COc1cc(N2CCC(N(C)C(C)=O)CC2)ccc1-c1nc2c(C)nn(C3CCCCC3)c2c(=O)[nH]1. The summed E-state index contributed by atoms with van der Waals surface area (Å²) in [6.07, 6.45) is 7.54. The predicted octanol–water partition coefficient (Wildman–Crippen LogP) is 4.06. The van der Waals surface area contributed by atoms with Crippen molar-refractivity contribution in [2.75, 3.05) is 32.1 Å². The first kappa shape index (κ1) is 24.3. The van der Waals surface area contributed by atoms with Crippen molar-refractivity contribution < 1.29 is 9.53 Å². The predicted molar refractivity (Wildman–Crippen MR) is 141 cm³/mol. The molecule has 1 saturated carbocycles. The summed E-state index contributed by atoms with van der Waals surface area (Å²) in [5.41, 5.74) is 3.64. The van der Waals surface area contributed by atoms with E-state index in [4.69, 9.17) is 14.8 Å². The molecule has 9 nitrogen and oxygen atoms in total. The number of hydrogen-bond acceptors (Lipinski definition) is 6. The van der Waals surface area contributed by atoms with Crippen molar-refractivity contribution >= 4 is 22.6 Å². The number of aromatic amines is 1. The molecule has 2 aromatic heterocycles. The Labute approximate surface area is 211 Å². The Morgan fingerprint density at radius 3 is 2.53 bits per heavy atom. The molecule has 192 valence electrons. The molecule has 1 saturated heterocycles. The summed E-state index contributed by atoms with van der Waals surface area (Å²) in [7, 11) is 3.52. The number of nitrogens with zero attached hydrogens (tertiary/aromatic N) is 5. The second kappa shape index (κ2) is 9.95. The van der Waals surface area contributed by atoms with E-state index in [1.54, 1.807) is 14.0 Å². The van der Waals surface area contributed by atoms with E-state index >= 15 is 0 Å². The number of anilines is 1. The molecule has 1 aliphatic heterocycles. The van der Waals surface area contributed by atoms with Gasteiger partial charge in [0.25, 0.3) is 5.56 Å². The number of hydrogen-bond donors (Lipinski definition) is 1. The molecule has 1 amide bonds. The Kier molecular flexibility index (Phi) is 6.73. The quantitative estimate of drug-likeness (QED) is 0.577. The van der Waals surface area contributed by atoms with E-state index in [0.29, 0.717) is 22.6 Å². The van der Waals surface area contributed by atoms with Gasteiger partial charge in [0.05, 0.1) is 24.4 Å². The van der Waals surface area contributed by atoms with Crippen LogP contribution in [0.2, 0.25) is 0 Å². The van der Waals surface area contributed by atoms with Crippen LogP contribution in [0.25, 0.3) is 22.4 Å². The average Bonchev–Trinajstić information content (AvgIpc) is 3.25. The number of amides is 1. The van der Waals surface area contributed by atoms with Gasteiger partial charge in [-0.05, 0) is 44.7 Å². The Balaban J connectivity index is 1.43. The van der Waals surface area contributed by atoms with Crippen molar-refractivity contribution in [3.8, 4) is 17.1 Å². The fourth-order valence-electron chi connectivity index (χ4n) is 5.75. The van der Waals surface area contributed by atoms with Gasteiger partial charge in [-0.3, -0.25) is 14.3 Å². The maximum atomic E-state index is 13.3. The van der Waals surface area contributed by atoms with Crippen molar-refractivity contribution in [1.82, 2.24) is 24.6 Å². The molecule has 0 spiro atoms. The number of carbonyl (C=O) groups is 1. The zero-order chi connectivity index (χ0) is 25.4. The van der Waals surface area contributed by atoms with Crippen molar-refractivity contribution in [3.05, 3.63) is 34.2 Å². The van der Waals surface area contributed by atoms with Gasteiger partial charge in [-0.1, -0.05) is 19.3 Å². The van der Waals surface area contributed by atoms with Gasteiger partial charge in [-0.25, -0.2) is 4.98 Å². The standard InChI is InChI=1S/C27H36N6O3/c1-17-24-25(33(30-17)20-8-6-5-7-9-20)27(35)29-26(28-24)22-11-10-21(16-23(22)36-4)32-14-12-19(13-15-32)31(3)18(2)34/h10-11,16,19-20H,5-9,12-15H2,1-4H3,(H,28,29,35). The molecular weight excluding hydrogens is 456 g/mol. The maximum Gasteiger partial charge on any atom is 0.277 e. The van der Waals surface area contributed by atoms with Crippen LogP contribution in [0.4, 0.5) is 5.69 Å². The van der Waals surface area contributed by atoms with E-state index in [1.807, 2.05) is 35.7 Å². The zero-order valence-corrected chi connectivity index (χ0v) is 21.7. The molecule has 0 atom stereocenters. The topological polar surface area (TPSA) is 96.3 Å². The van der Waals surface area contributed by atoms with Gasteiger partial charge in [-0.2, -0.15) is 5.10 Å². The van der Waals surface area contributed by atoms with Crippen LogP contribution in [0, 0.1) is 6.92 Å². The highest BCUT2D eigenvalue weighted by Crippen LogP contribution is 2.34. The lowest BCUT2D eigenvalue weighted by molar-refractivity contribution is -0.129. The van der Waals surface area contributed by atoms with Crippen LogP contribution in [0.1, 0.15) is 63.6 Å². The third-order valence-corrected chi connectivity index (χ3v) is 7.96. The smallest absolute Gasteiger partial charge is 0.277 e. The molecule has 2 aliphatic rings. The van der Waals surface area contributed by atoms with E-state index in [2.05, 4.69) is 16.0 Å². The largest absolute Gasteiger partial charge is 0.496 e. The van der Waals surface area contributed by atoms with E-state index < -0.39 is 0 Å². The molecule has 1 aromatic carbocycles. The third kappa shape index (κ3) is 4.47. The summed E-state index contributed by atoms with van der Waals surface area (Å²) in [6, 6.07) is 6.56. The van der Waals surface area contributed by atoms with Crippen LogP contribution in [-0.4, -0.2) is 63.8 Å². The number of rotatable bonds is 5. The molecule has 3 heterocycles. The van der Waals surface area contributed by atoms with Gasteiger partial charge in [0.1, 0.15) is 17.1 Å². The first-order valence-electron chi connectivity index (χ1n) is 13.0. The van der Waals surface area contributed by atoms with Crippen molar-refractivity contribution in [1.29, 1.82) is 0 Å². The van der Waals surface area contributed by atoms with Gasteiger partial charge >= 0.3 is 0 Å². The summed E-state index contributed by atoms with van der Waals surface area (Å²) < 4.78 is 7.65. The molecule has 9 heteroatoms. The Bertz CT molecular complexity index is 1320. The molecule has 36 heavy (non-hydrogen) atoms. The maximum absolute atomic E-state index is 13.3. The molecular formula is C27H36N6O3. The number of fused-ring (bicyclic) bond motifs is 1. The summed E-state index contributed by atoms with van der Waals surface area (Å²) in [6.45, 7) is 5.27. The van der Waals surface area contributed by atoms with Gasteiger partial charge in [0.15, 0.2) is 5.52 Å². The van der Waals surface area contributed by atoms with Crippen LogP contribution >= 0.6 is 0 Å². The van der Waals surface area contributed by atoms with Crippen molar-refractivity contribution in [2.45, 2.75) is 70.9 Å². The number of methoxy groups -OCH3 is 1. The van der Waals surface area contributed by atoms with Crippen LogP contribution < -0.4 is 15.2 Å². The zero-order valence-electron chi connectivity index (χ0n) is 21.7. The highest BCUT2D eigenvalue weighted by molar-refractivity contribution is 5.80. The first-order valence-corrected chi connectivity index (χ1v) is 13.0. The average molecular weight is 493 g/mol. The van der Waals surface area contributed by atoms with E-state index in [-0.39, 0.29) is 23.6 Å². The van der Waals surface area contributed by atoms with Gasteiger partial charge < -0.3 is 19.5 Å². The summed E-state index contributed by atoms with van der Waals surface area (Å²) >= 11 is 0. The van der Waals surface area contributed by atoms with E-state index in [0.717, 1.165) is 55.7 Å². The minimum atomic E-state index is -0.163. The summed E-state index contributed by atoms with van der Waals surface area (Å²) in [5, 5.41) is 4.73. The number of benzene rings is 1. The lowest BCUT2D eigenvalue weighted by Gasteiger charge is -2.37. The summed E-state index contributed by atoms with van der Waals surface area (Å²) in [4.78, 5) is 37.0. The number of piperidine rings is 1. The van der Waals surface area contributed by atoms with Crippen molar-refractivity contribution in [3.63, 3.8) is 0 Å². The van der Waals surface area contributed by atoms with E-state index in [1.165, 1.54) is 19.3 Å². The first-order chi connectivity index (χ1) is 17.4. The minimum Gasteiger partial charge on any atom is -0.496 e. The molecule has 1 N–H and O–H groups in total. The highest BCUT2D eigenvalue weighted by atomic mass is 16.5.